The summed E-state index contributed by atoms with van der Waals surface area (Å²) in [6.07, 6.45) is 0. The fourth-order valence-corrected chi connectivity index (χ4v) is 11.7. The Balaban J connectivity index is 1.10. The second kappa shape index (κ2) is 15.0. The Bertz CT molecular complexity index is 3790. The zero-order valence-corrected chi connectivity index (χ0v) is 40.1. The van der Waals surface area contributed by atoms with Gasteiger partial charge in [-0.05, 0) is 119 Å². The molecule has 11 aromatic rings. The van der Waals surface area contributed by atoms with Crippen LogP contribution < -0.4 is 4.90 Å². The third kappa shape index (κ3) is 6.18. The van der Waals surface area contributed by atoms with Crippen molar-refractivity contribution in [3.05, 3.63) is 246 Å². The van der Waals surface area contributed by atoms with Crippen LogP contribution in [0.25, 0.3) is 77.2 Å². The second-order valence-electron chi connectivity index (χ2n) is 21.3. The van der Waals surface area contributed by atoms with Crippen LogP contribution in [-0.2, 0) is 16.2 Å². The summed E-state index contributed by atoms with van der Waals surface area (Å²) < 4.78 is 7.25. The van der Waals surface area contributed by atoms with E-state index in [1.807, 2.05) is 0 Å². The second-order valence-corrected chi connectivity index (χ2v) is 21.3. The SMILES string of the molecule is CC(C)(C)c1ccc2c(c1)C1(c3cc(C(C)(C)C)ccc3-2)c2ccccc2-c2c(N(c3ccc(-c4ccc5ccccc5c4)cc3)c3cccc4c3oc3c(-c5ccccc5)cccc34)cccc21. The maximum absolute atomic E-state index is 7.25. The first-order chi connectivity index (χ1) is 33.5. The number of benzene rings is 10. The van der Waals surface area contributed by atoms with Gasteiger partial charge in [-0.25, -0.2) is 0 Å². The maximum atomic E-state index is 7.25. The lowest BCUT2D eigenvalue weighted by molar-refractivity contribution is 0.586. The van der Waals surface area contributed by atoms with Gasteiger partial charge in [0, 0.05) is 27.6 Å². The standard InChI is InChI=1S/C67H53NO/c1-65(2,3)47-33-37-51-52-38-34-48(66(4,5)6)41-59(52)67(58(51)40-47)56-25-13-12-21-55(56)62-57(67)26-16-27-60(62)68(49-35-31-43(32-36-49)46-30-29-42-17-10-11-20-45(42)39-46)61-28-15-24-54-53-23-14-22-50(63(53)69-64(54)61)44-18-8-7-9-19-44/h7-41H,1-6H3. The van der Waals surface area contributed by atoms with E-state index in [0.717, 1.165) is 50.1 Å². The molecule has 0 saturated carbocycles. The van der Waals surface area contributed by atoms with Crippen molar-refractivity contribution >= 4 is 49.8 Å². The molecule has 2 aliphatic carbocycles. The minimum Gasteiger partial charge on any atom is -0.453 e. The smallest absolute Gasteiger partial charge is 0.159 e. The Morgan fingerprint density at radius 1 is 0.362 bits per heavy atom. The van der Waals surface area contributed by atoms with E-state index in [2.05, 4.69) is 259 Å². The van der Waals surface area contributed by atoms with Crippen molar-refractivity contribution in [1.82, 2.24) is 0 Å². The zero-order chi connectivity index (χ0) is 46.8. The first-order valence-corrected chi connectivity index (χ1v) is 24.4. The van der Waals surface area contributed by atoms with Crippen LogP contribution in [0.15, 0.2) is 217 Å². The summed E-state index contributed by atoms with van der Waals surface area (Å²) in [7, 11) is 0. The molecular formula is C67H53NO. The lowest BCUT2D eigenvalue weighted by atomic mass is 9.69. The molecule has 0 N–H and O–H groups in total. The van der Waals surface area contributed by atoms with E-state index in [4.69, 9.17) is 4.42 Å². The summed E-state index contributed by atoms with van der Waals surface area (Å²) in [6, 6.07) is 79.2. The van der Waals surface area contributed by atoms with E-state index in [1.165, 1.54) is 77.5 Å². The van der Waals surface area contributed by atoms with Crippen LogP contribution in [-0.4, -0.2) is 0 Å². The molecule has 0 atom stereocenters. The fourth-order valence-electron chi connectivity index (χ4n) is 11.7. The summed E-state index contributed by atoms with van der Waals surface area (Å²) in [5.41, 5.74) is 22.0. The third-order valence-electron chi connectivity index (χ3n) is 15.2. The number of para-hydroxylation sites is 2. The highest BCUT2D eigenvalue weighted by molar-refractivity contribution is 6.14. The van der Waals surface area contributed by atoms with Gasteiger partial charge in [-0.2, -0.15) is 0 Å². The number of rotatable bonds is 5. The van der Waals surface area contributed by atoms with E-state index in [1.54, 1.807) is 0 Å². The molecule has 69 heavy (non-hydrogen) atoms. The molecule has 1 spiro atoms. The van der Waals surface area contributed by atoms with Crippen LogP contribution in [0.1, 0.15) is 74.9 Å². The number of nitrogens with zero attached hydrogens (tertiary/aromatic N) is 1. The van der Waals surface area contributed by atoms with Crippen molar-refractivity contribution in [2.45, 2.75) is 57.8 Å². The summed E-state index contributed by atoms with van der Waals surface area (Å²) in [5, 5.41) is 4.67. The molecule has 0 saturated heterocycles. The summed E-state index contributed by atoms with van der Waals surface area (Å²) in [4.78, 5) is 2.47. The normalized spacial score (nSPS) is 13.5. The van der Waals surface area contributed by atoms with Crippen LogP contribution in [0.4, 0.5) is 17.1 Å². The fraction of sp³-hybridized carbons (Fsp3) is 0.134. The van der Waals surface area contributed by atoms with Crippen molar-refractivity contribution in [3.63, 3.8) is 0 Å². The minimum absolute atomic E-state index is 0.0359. The van der Waals surface area contributed by atoms with Gasteiger partial charge >= 0.3 is 0 Å². The summed E-state index contributed by atoms with van der Waals surface area (Å²) in [6.45, 7) is 14.0. The van der Waals surface area contributed by atoms with Gasteiger partial charge in [-0.3, -0.25) is 0 Å². The number of furan rings is 1. The first kappa shape index (κ1) is 41.3. The van der Waals surface area contributed by atoms with Crippen molar-refractivity contribution < 1.29 is 4.42 Å². The van der Waals surface area contributed by atoms with Gasteiger partial charge in [-0.1, -0.05) is 224 Å². The molecule has 0 aliphatic heterocycles. The van der Waals surface area contributed by atoms with Gasteiger partial charge in [0.25, 0.3) is 0 Å². The highest BCUT2D eigenvalue weighted by Crippen LogP contribution is 2.65. The van der Waals surface area contributed by atoms with Gasteiger partial charge in [0.05, 0.1) is 16.8 Å². The maximum Gasteiger partial charge on any atom is 0.159 e. The van der Waals surface area contributed by atoms with Crippen LogP contribution in [0.3, 0.4) is 0 Å². The monoisotopic (exact) mass is 887 g/mol. The molecule has 0 bridgehead atoms. The van der Waals surface area contributed by atoms with Crippen LogP contribution in [0.2, 0.25) is 0 Å². The van der Waals surface area contributed by atoms with Gasteiger partial charge < -0.3 is 9.32 Å². The Hall–Kier alpha value is -7.94. The number of fused-ring (bicyclic) bond motifs is 14. The lowest BCUT2D eigenvalue weighted by Crippen LogP contribution is -2.27. The molecule has 2 heteroatoms. The summed E-state index contributed by atoms with van der Waals surface area (Å²) >= 11 is 0. The molecule has 10 aromatic carbocycles. The van der Waals surface area contributed by atoms with Crippen molar-refractivity contribution in [2.75, 3.05) is 4.90 Å². The Morgan fingerprint density at radius 2 is 0.928 bits per heavy atom. The van der Waals surface area contributed by atoms with Crippen molar-refractivity contribution in [3.8, 4) is 44.5 Å². The number of hydrogen-bond donors (Lipinski definition) is 0. The van der Waals surface area contributed by atoms with Crippen LogP contribution in [0, 0.1) is 0 Å². The van der Waals surface area contributed by atoms with Gasteiger partial charge in [0.1, 0.15) is 5.58 Å². The van der Waals surface area contributed by atoms with Crippen molar-refractivity contribution in [1.29, 1.82) is 0 Å². The first-order valence-electron chi connectivity index (χ1n) is 24.4. The Labute approximate surface area is 405 Å². The Kier molecular flexibility index (Phi) is 8.99. The minimum atomic E-state index is -0.545. The van der Waals surface area contributed by atoms with E-state index >= 15 is 0 Å². The molecular weight excluding hydrogens is 835 g/mol. The van der Waals surface area contributed by atoms with Gasteiger partial charge in [0.2, 0.25) is 0 Å². The largest absolute Gasteiger partial charge is 0.453 e. The third-order valence-corrected chi connectivity index (χ3v) is 15.2. The lowest BCUT2D eigenvalue weighted by Gasteiger charge is -2.33. The van der Waals surface area contributed by atoms with E-state index in [0.29, 0.717) is 0 Å². The summed E-state index contributed by atoms with van der Waals surface area (Å²) in [5.74, 6) is 0. The van der Waals surface area contributed by atoms with E-state index in [-0.39, 0.29) is 10.8 Å². The number of hydrogen-bond acceptors (Lipinski definition) is 2. The van der Waals surface area contributed by atoms with Crippen LogP contribution >= 0.6 is 0 Å². The number of anilines is 3. The zero-order valence-electron chi connectivity index (χ0n) is 40.1. The molecule has 0 fully saturated rings. The predicted octanol–water partition coefficient (Wildman–Crippen LogP) is 18.5. The molecule has 2 nitrogen and oxygen atoms in total. The molecule has 0 amide bonds. The molecule has 1 aromatic heterocycles. The molecule has 332 valence electrons. The molecule has 0 unspecified atom stereocenters. The van der Waals surface area contributed by atoms with Crippen molar-refractivity contribution in [2.24, 2.45) is 0 Å². The van der Waals surface area contributed by atoms with E-state index in [9.17, 15) is 0 Å². The average Bonchev–Trinajstić information content (AvgIpc) is 4.01. The van der Waals surface area contributed by atoms with Gasteiger partial charge in [-0.15, -0.1) is 0 Å². The highest BCUT2D eigenvalue weighted by atomic mass is 16.3. The average molecular weight is 888 g/mol. The van der Waals surface area contributed by atoms with E-state index < -0.39 is 5.41 Å². The molecule has 13 rings (SSSR count). The topological polar surface area (TPSA) is 16.4 Å². The molecule has 1 heterocycles. The predicted molar refractivity (Wildman–Crippen MR) is 290 cm³/mol. The highest BCUT2D eigenvalue weighted by Gasteiger charge is 2.53. The van der Waals surface area contributed by atoms with Crippen LogP contribution in [0.5, 0.6) is 0 Å². The molecule has 0 radical (unpaired) electrons. The molecule has 2 aliphatic rings. The quantitative estimate of drug-likeness (QED) is 0.171. The van der Waals surface area contributed by atoms with Gasteiger partial charge in [0.15, 0.2) is 5.58 Å². The Morgan fingerprint density at radius 3 is 1.64 bits per heavy atom.